The number of guanidine groups is 3. The molecule has 0 heterocycles. The molecule has 18 N–H and O–H groups in total. The smallest absolute Gasteiger partial charge is 0.291 e. The fourth-order valence-corrected chi connectivity index (χ4v) is 0. The Balaban J connectivity index is -0.000000101. The van der Waals surface area contributed by atoms with E-state index in [1.54, 1.807) is 0 Å². The predicted octanol–water partition coefficient (Wildman–Crippen LogP) is -8.94. The maximum Gasteiger partial charge on any atom is 0.336 e. The minimum Gasteiger partial charge on any atom is -0.291 e. The first kappa shape index (κ1) is 16.4. The summed E-state index contributed by atoms with van der Waals surface area (Å²) in [6, 6.07) is 0. The molecule has 9 nitrogen and oxygen atoms in total. The number of hydrogen-bond donors (Lipinski definition) is 9. The Morgan fingerprint density at radius 1 is 0.500 bits per heavy atom. The molecule has 0 aromatic rings. The molecule has 12 heavy (non-hydrogen) atoms. The van der Waals surface area contributed by atoms with E-state index in [9.17, 15) is 0 Å². The van der Waals surface area contributed by atoms with Crippen LogP contribution in [0.4, 0.5) is 0 Å². The van der Waals surface area contributed by atoms with Gasteiger partial charge in [-0.15, -0.1) is 0 Å². The lowest BCUT2D eigenvalue weighted by atomic mass is 11.1. The molecule has 0 unspecified atom stereocenters. The first-order chi connectivity index (χ1) is 5.20. The van der Waals surface area contributed by atoms with Crippen LogP contribution in [0.5, 0.6) is 0 Å². The van der Waals surface area contributed by atoms with Crippen molar-refractivity contribution in [1.29, 1.82) is 0 Å². The average molecular weight is 180 g/mol. The third-order valence-electron chi connectivity index (χ3n) is 0. The zero-order valence-electron chi connectivity index (χ0n) is 6.70. The van der Waals surface area contributed by atoms with Gasteiger partial charge in [0.1, 0.15) is 0 Å². The summed E-state index contributed by atoms with van der Waals surface area (Å²) in [5.41, 5.74) is 27.5. The first-order valence-electron chi connectivity index (χ1n) is 2.60. The van der Waals surface area contributed by atoms with Crippen molar-refractivity contribution in [1.82, 2.24) is 0 Å². The van der Waals surface area contributed by atoms with Gasteiger partial charge in [0.2, 0.25) is 0 Å². The second-order valence-corrected chi connectivity index (χ2v) is 1.50. The maximum absolute atomic E-state index is 4.58. The quantitative estimate of drug-likeness (QED) is 0.129. The average Bonchev–Trinajstić information content (AvgIpc) is 1.54. The highest BCUT2D eigenvalue weighted by Crippen LogP contribution is 0.932. The van der Waals surface area contributed by atoms with Crippen LogP contribution in [0.2, 0.25) is 0 Å². The summed E-state index contributed by atoms with van der Waals surface area (Å²) in [7, 11) is 0. The van der Waals surface area contributed by atoms with Gasteiger partial charge >= 0.3 is 17.9 Å². The van der Waals surface area contributed by atoms with Gasteiger partial charge in [-0.3, -0.25) is 50.6 Å². The molecule has 0 amide bonds. The van der Waals surface area contributed by atoms with E-state index < -0.39 is 0 Å². The van der Waals surface area contributed by atoms with Crippen molar-refractivity contribution < 1.29 is 16.2 Å². The normalized spacial score (nSPS) is 6.00. The van der Waals surface area contributed by atoms with Crippen molar-refractivity contribution in [2.45, 2.75) is 0 Å². The van der Waals surface area contributed by atoms with Crippen molar-refractivity contribution in [3.8, 4) is 0 Å². The van der Waals surface area contributed by atoms with Gasteiger partial charge in [0.05, 0.1) is 0 Å². The molecule has 0 atom stereocenters. The molecule has 9 heteroatoms. The summed E-state index contributed by atoms with van der Waals surface area (Å²) in [5.74, 6) is -0.250. The van der Waals surface area contributed by atoms with Gasteiger partial charge in [0.25, 0.3) is 0 Å². The third kappa shape index (κ3) is 75.5. The van der Waals surface area contributed by atoms with Gasteiger partial charge in [0.15, 0.2) is 0 Å². The molecule has 0 aromatic heterocycles. The van der Waals surface area contributed by atoms with Crippen LogP contribution < -0.4 is 50.6 Å². The van der Waals surface area contributed by atoms with Gasteiger partial charge in [-0.1, -0.05) is 0 Å². The van der Waals surface area contributed by atoms with Crippen LogP contribution in [-0.2, 0) is 0 Å². The van der Waals surface area contributed by atoms with Crippen LogP contribution in [0.3, 0.4) is 0 Å². The van der Waals surface area contributed by atoms with Crippen molar-refractivity contribution in [2.75, 3.05) is 0 Å². The molecule has 0 aliphatic rings. The zero-order valence-corrected chi connectivity index (χ0v) is 6.70. The van der Waals surface area contributed by atoms with Crippen LogP contribution >= 0.6 is 0 Å². The van der Waals surface area contributed by atoms with Crippen LogP contribution in [0.15, 0.2) is 0 Å². The fraction of sp³-hybridized carbons (Fsp3) is 0. The Bertz CT molecular complexity index is 107. The van der Waals surface area contributed by atoms with Gasteiger partial charge in [0, 0.05) is 0 Å². The van der Waals surface area contributed by atoms with Crippen LogP contribution in [0.25, 0.3) is 0 Å². The van der Waals surface area contributed by atoms with E-state index in [0.717, 1.165) is 0 Å². The molecule has 72 valence electrons. The van der Waals surface area contributed by atoms with E-state index in [1.807, 2.05) is 0 Å². The van der Waals surface area contributed by atoms with Gasteiger partial charge in [-0.25, -0.2) is 0 Å². The topological polar surface area (TPSA) is 233 Å². The minimum atomic E-state index is -0.0833. The third-order valence-corrected chi connectivity index (χ3v) is 0. The molecule has 0 aliphatic carbocycles. The maximum atomic E-state index is 4.58. The van der Waals surface area contributed by atoms with Gasteiger partial charge in [-0.2, -0.15) is 0 Å². The molecule has 0 bridgehead atoms. The van der Waals surface area contributed by atoms with Gasteiger partial charge in [-0.05, 0) is 0 Å². The Morgan fingerprint density at radius 3 is 0.500 bits per heavy atom. The molecule has 0 fully saturated rings. The Hall–Kier alpha value is -2.19. The molecular weight excluding hydrogens is 162 g/mol. The van der Waals surface area contributed by atoms with E-state index in [-0.39, 0.29) is 17.9 Å². The highest BCUT2D eigenvalue weighted by atomic mass is 14.9. The van der Waals surface area contributed by atoms with E-state index in [0.29, 0.717) is 0 Å². The molecule has 0 rings (SSSR count). The Morgan fingerprint density at radius 2 is 0.500 bits per heavy atom. The number of hydrogen-bond acceptors (Lipinski definition) is 0. The second kappa shape index (κ2) is 11.6. The summed E-state index contributed by atoms with van der Waals surface area (Å²) in [6.07, 6.45) is 0. The lowest BCUT2D eigenvalue weighted by Crippen LogP contribution is -2.51. The van der Waals surface area contributed by atoms with Crippen LogP contribution in [-0.4, -0.2) is 17.9 Å². The van der Waals surface area contributed by atoms with E-state index in [4.69, 9.17) is 0 Å². The molecule has 0 spiro atoms. The van der Waals surface area contributed by atoms with E-state index in [1.165, 1.54) is 0 Å². The fourth-order valence-electron chi connectivity index (χ4n) is 0. The van der Waals surface area contributed by atoms with Crippen molar-refractivity contribution in [3.05, 3.63) is 0 Å². The summed E-state index contributed by atoms with van der Waals surface area (Å²) >= 11 is 0. The highest BCUT2D eigenvalue weighted by molar-refractivity contribution is 5.69. The first-order valence-corrected chi connectivity index (χ1v) is 2.60. The monoisotopic (exact) mass is 180 g/mol. The van der Waals surface area contributed by atoms with Gasteiger partial charge < -0.3 is 0 Å². The molecule has 0 aromatic carbocycles. The SMILES string of the molecule is NC(N)=[NH2+].NC(N)=[NH2+].NC(N)=[NH2+]. The molecule has 0 radical (unpaired) electrons. The van der Waals surface area contributed by atoms with E-state index in [2.05, 4.69) is 50.6 Å². The summed E-state index contributed by atoms with van der Waals surface area (Å²) in [6.45, 7) is 0. The Labute approximate surface area is 69.6 Å². The van der Waals surface area contributed by atoms with Crippen LogP contribution in [0, 0.1) is 0 Å². The predicted molar refractivity (Wildman–Crippen MR) is 45.9 cm³/mol. The second-order valence-electron chi connectivity index (χ2n) is 1.50. The largest absolute Gasteiger partial charge is 0.336 e. The van der Waals surface area contributed by atoms with Crippen LogP contribution in [0.1, 0.15) is 0 Å². The molecular formula is C3H18N9+3. The summed E-state index contributed by atoms with van der Waals surface area (Å²) in [5, 5.41) is 13.8. The Kier molecular flexibility index (Phi) is 15.9. The van der Waals surface area contributed by atoms with Crippen molar-refractivity contribution in [2.24, 2.45) is 34.4 Å². The summed E-state index contributed by atoms with van der Waals surface area (Å²) < 4.78 is 0. The minimum absolute atomic E-state index is 0.0833. The highest BCUT2D eigenvalue weighted by Gasteiger charge is 1.64. The van der Waals surface area contributed by atoms with Crippen molar-refractivity contribution in [3.63, 3.8) is 0 Å². The number of rotatable bonds is 0. The lowest BCUT2D eigenvalue weighted by molar-refractivity contribution is -0.117. The van der Waals surface area contributed by atoms with Crippen molar-refractivity contribution >= 4 is 17.9 Å². The number of nitrogens with two attached hydrogens (primary N) is 9. The molecule has 0 saturated carbocycles. The standard InChI is InChI=1S/3CH5N3/c3*2-1(3)4/h3*(H5,2,3,4)/p+3. The van der Waals surface area contributed by atoms with E-state index >= 15 is 0 Å². The lowest BCUT2D eigenvalue weighted by Gasteiger charge is -1.59. The summed E-state index contributed by atoms with van der Waals surface area (Å²) in [4.78, 5) is 0. The molecule has 0 saturated heterocycles. The zero-order chi connectivity index (χ0) is 10.7. The molecule has 0 aliphatic heterocycles.